The normalized spacial score (nSPS) is 15.0. The van der Waals surface area contributed by atoms with Gasteiger partial charge in [-0.05, 0) is 55.2 Å². The van der Waals surface area contributed by atoms with E-state index in [2.05, 4.69) is 0 Å². The number of nitrogens with zero attached hydrogens (tertiary/aromatic N) is 2. The summed E-state index contributed by atoms with van der Waals surface area (Å²) >= 11 is 0. The van der Waals surface area contributed by atoms with Gasteiger partial charge >= 0.3 is 0 Å². The molecule has 2 aromatic rings. The Morgan fingerprint density at radius 3 is 2.47 bits per heavy atom. The minimum atomic E-state index is -0.571. The summed E-state index contributed by atoms with van der Waals surface area (Å²) in [5.74, 6) is 0.133. The second-order valence-corrected chi connectivity index (χ2v) is 7.69. The lowest BCUT2D eigenvalue weighted by atomic mass is 9.93. The fraction of sp³-hybridized carbons (Fsp3) is 0.296. The number of nitriles is 1. The van der Waals surface area contributed by atoms with E-state index in [4.69, 9.17) is 14.2 Å². The molecule has 0 bridgehead atoms. The molecule has 1 aliphatic heterocycles. The Morgan fingerprint density at radius 2 is 1.79 bits per heavy atom. The van der Waals surface area contributed by atoms with E-state index in [1.165, 1.54) is 0 Å². The predicted octanol–water partition coefficient (Wildman–Crippen LogP) is 4.29. The summed E-state index contributed by atoms with van der Waals surface area (Å²) in [5, 5.41) is 9.54. The Bertz CT molecular complexity index is 1150. The summed E-state index contributed by atoms with van der Waals surface area (Å²) in [6, 6.07) is 17.2. The van der Waals surface area contributed by atoms with Crippen LogP contribution in [0, 0.1) is 11.3 Å². The van der Waals surface area contributed by atoms with Crippen LogP contribution in [0.3, 0.4) is 0 Å². The molecule has 0 N–H and O–H groups in total. The third-order valence-electron chi connectivity index (χ3n) is 5.37. The van der Waals surface area contributed by atoms with Crippen molar-refractivity contribution >= 4 is 17.9 Å². The van der Waals surface area contributed by atoms with Crippen molar-refractivity contribution in [1.82, 2.24) is 4.90 Å². The zero-order chi connectivity index (χ0) is 24.5. The van der Waals surface area contributed by atoms with Gasteiger partial charge in [0.2, 0.25) is 0 Å². The minimum Gasteiger partial charge on any atom is -0.490 e. The van der Waals surface area contributed by atoms with Crippen LogP contribution in [0.1, 0.15) is 31.4 Å². The lowest BCUT2D eigenvalue weighted by Gasteiger charge is -2.27. The second-order valence-electron chi connectivity index (χ2n) is 7.69. The number of hydrogen-bond acceptors (Lipinski definition) is 6. The van der Waals surface area contributed by atoms with E-state index in [-0.39, 0.29) is 12.1 Å². The first-order valence-corrected chi connectivity index (χ1v) is 11.1. The van der Waals surface area contributed by atoms with E-state index in [1.807, 2.05) is 49.4 Å². The maximum atomic E-state index is 13.1. The van der Waals surface area contributed by atoms with Gasteiger partial charge in [-0.2, -0.15) is 5.26 Å². The third-order valence-corrected chi connectivity index (χ3v) is 5.37. The first-order chi connectivity index (χ1) is 16.5. The van der Waals surface area contributed by atoms with Crippen molar-refractivity contribution in [1.29, 1.82) is 5.26 Å². The highest BCUT2D eigenvalue weighted by Crippen LogP contribution is 2.32. The molecule has 0 saturated carbocycles. The Kier molecular flexibility index (Phi) is 8.60. The first kappa shape index (κ1) is 24.7. The van der Waals surface area contributed by atoms with Crippen LogP contribution >= 0.6 is 0 Å². The van der Waals surface area contributed by atoms with Gasteiger partial charge in [-0.25, -0.2) is 0 Å². The molecule has 0 spiro atoms. The summed E-state index contributed by atoms with van der Waals surface area (Å²) in [7, 11) is 1.55. The topological polar surface area (TPSA) is 88.9 Å². The number of carbonyl (C=O) groups excluding carboxylic acids is 2. The summed E-state index contributed by atoms with van der Waals surface area (Å²) in [6.07, 6.45) is 2.16. The zero-order valence-electron chi connectivity index (χ0n) is 19.7. The van der Waals surface area contributed by atoms with Crippen molar-refractivity contribution in [2.45, 2.75) is 26.9 Å². The van der Waals surface area contributed by atoms with Crippen molar-refractivity contribution in [3.8, 4) is 17.6 Å². The molecule has 0 radical (unpaired) electrons. The van der Waals surface area contributed by atoms with Gasteiger partial charge in [-0.3, -0.25) is 14.5 Å². The van der Waals surface area contributed by atoms with Crippen molar-refractivity contribution in [2.24, 2.45) is 0 Å². The fourth-order valence-corrected chi connectivity index (χ4v) is 3.60. The monoisotopic (exact) mass is 460 g/mol. The van der Waals surface area contributed by atoms with Crippen LogP contribution in [0.4, 0.5) is 0 Å². The predicted molar refractivity (Wildman–Crippen MR) is 128 cm³/mol. The molecule has 7 heteroatoms. The van der Waals surface area contributed by atoms with Gasteiger partial charge < -0.3 is 14.2 Å². The number of methoxy groups -OCH3 is 1. The van der Waals surface area contributed by atoms with Crippen molar-refractivity contribution in [3.05, 3.63) is 76.4 Å². The maximum absolute atomic E-state index is 13.1. The highest BCUT2D eigenvalue weighted by molar-refractivity contribution is 6.19. The Morgan fingerprint density at radius 1 is 1.03 bits per heavy atom. The number of rotatable bonds is 10. The van der Waals surface area contributed by atoms with Crippen LogP contribution in [0.2, 0.25) is 0 Å². The van der Waals surface area contributed by atoms with E-state index in [0.29, 0.717) is 54.5 Å². The van der Waals surface area contributed by atoms with Gasteiger partial charge in [-0.1, -0.05) is 36.4 Å². The highest BCUT2D eigenvalue weighted by atomic mass is 16.5. The molecule has 0 saturated heterocycles. The largest absolute Gasteiger partial charge is 0.490 e. The second kappa shape index (κ2) is 11.8. The molecule has 1 heterocycles. The van der Waals surface area contributed by atoms with Gasteiger partial charge in [0.05, 0.1) is 6.61 Å². The zero-order valence-corrected chi connectivity index (χ0v) is 19.7. The SMILES string of the molecule is CCOc1cc(/C=C2/C(=O)N(CCCOC)C(=O)C(C#N)=C2C)ccc1OCc1ccccc1. The maximum Gasteiger partial charge on any atom is 0.271 e. The Balaban J connectivity index is 1.92. The molecule has 0 unspecified atom stereocenters. The lowest BCUT2D eigenvalue weighted by molar-refractivity contribution is -0.140. The number of ether oxygens (including phenoxy) is 3. The Labute approximate surface area is 199 Å². The molecular weight excluding hydrogens is 432 g/mol. The first-order valence-electron chi connectivity index (χ1n) is 11.1. The van der Waals surface area contributed by atoms with Crippen LogP contribution in [-0.4, -0.2) is 43.6 Å². The van der Waals surface area contributed by atoms with E-state index in [1.54, 1.807) is 32.2 Å². The smallest absolute Gasteiger partial charge is 0.271 e. The molecule has 0 fully saturated rings. The van der Waals surface area contributed by atoms with E-state index in [9.17, 15) is 14.9 Å². The molecular formula is C27H28N2O5. The standard InChI is InChI=1S/C27H28N2O5/c1-4-33-25-16-21(11-12-24(25)34-18-20-9-6-5-7-10-20)15-22-19(2)23(17-28)27(31)29(26(22)30)13-8-14-32-3/h5-7,9-12,15-16H,4,8,13-14,18H2,1-3H3/b22-15+. The summed E-state index contributed by atoms with van der Waals surface area (Å²) in [4.78, 5) is 26.9. The van der Waals surface area contributed by atoms with E-state index in [0.717, 1.165) is 10.5 Å². The Hall–Kier alpha value is -3.89. The van der Waals surface area contributed by atoms with E-state index < -0.39 is 11.8 Å². The van der Waals surface area contributed by atoms with Crippen LogP contribution in [0.15, 0.2) is 65.3 Å². The van der Waals surface area contributed by atoms with Gasteiger partial charge in [0.15, 0.2) is 11.5 Å². The average molecular weight is 461 g/mol. The number of hydrogen-bond donors (Lipinski definition) is 0. The summed E-state index contributed by atoms with van der Waals surface area (Å²) in [6.45, 7) is 4.92. The quantitative estimate of drug-likeness (QED) is 0.299. The van der Waals surface area contributed by atoms with Crippen LogP contribution in [0.25, 0.3) is 6.08 Å². The van der Waals surface area contributed by atoms with Gasteiger partial charge in [0.1, 0.15) is 18.2 Å². The van der Waals surface area contributed by atoms with Crippen molar-refractivity contribution in [3.63, 3.8) is 0 Å². The molecule has 176 valence electrons. The molecule has 7 nitrogen and oxygen atoms in total. The van der Waals surface area contributed by atoms with Gasteiger partial charge in [0.25, 0.3) is 11.8 Å². The third kappa shape index (κ3) is 5.72. The van der Waals surface area contributed by atoms with E-state index >= 15 is 0 Å². The number of imide groups is 1. The molecule has 0 aliphatic carbocycles. The molecule has 2 amide bonds. The van der Waals surface area contributed by atoms with Gasteiger partial charge in [0, 0.05) is 25.8 Å². The highest BCUT2D eigenvalue weighted by Gasteiger charge is 2.35. The average Bonchev–Trinajstić information content (AvgIpc) is 2.84. The van der Waals surface area contributed by atoms with Crippen LogP contribution in [-0.2, 0) is 20.9 Å². The lowest BCUT2D eigenvalue weighted by Crippen LogP contribution is -2.43. The number of amides is 2. The van der Waals surface area contributed by atoms with Gasteiger partial charge in [-0.15, -0.1) is 0 Å². The minimum absolute atomic E-state index is 0.0314. The number of benzene rings is 2. The summed E-state index contributed by atoms with van der Waals surface area (Å²) < 4.78 is 16.8. The molecule has 3 rings (SSSR count). The fourth-order valence-electron chi connectivity index (χ4n) is 3.60. The molecule has 2 aromatic carbocycles. The van der Waals surface area contributed by atoms with Crippen molar-refractivity contribution in [2.75, 3.05) is 26.9 Å². The summed E-state index contributed by atoms with van der Waals surface area (Å²) in [5.41, 5.74) is 2.36. The van der Waals surface area contributed by atoms with Crippen molar-refractivity contribution < 1.29 is 23.8 Å². The molecule has 0 atom stereocenters. The van der Waals surface area contributed by atoms with Crippen LogP contribution in [0.5, 0.6) is 11.5 Å². The molecule has 0 aromatic heterocycles. The van der Waals surface area contributed by atoms with Crippen LogP contribution < -0.4 is 9.47 Å². The molecule has 34 heavy (non-hydrogen) atoms. The number of carbonyl (C=O) groups is 2. The molecule has 1 aliphatic rings.